The van der Waals surface area contributed by atoms with Crippen molar-refractivity contribution in [3.8, 4) is 0 Å². The zero-order valence-electron chi connectivity index (χ0n) is 10.4. The monoisotopic (exact) mass is 304 g/mol. The van der Waals surface area contributed by atoms with Gasteiger partial charge in [-0.05, 0) is 16.8 Å². The molecule has 0 spiro atoms. The van der Waals surface area contributed by atoms with E-state index < -0.39 is 22.5 Å². The number of hydrogen-bond donors (Lipinski definition) is 1. The molecule has 1 aromatic heterocycles. The minimum atomic E-state index is -4.76. The number of tetrazole rings is 1. The molecule has 1 N–H and O–H groups in total. The molecule has 2 fully saturated rings. The lowest BCUT2D eigenvalue weighted by Crippen LogP contribution is -2.40. The number of urea groups is 1. The number of carbonyl (C=O) groups excluding carboxylic acids is 1. The van der Waals surface area contributed by atoms with Crippen molar-refractivity contribution in [2.75, 3.05) is 13.1 Å². The van der Waals surface area contributed by atoms with Crippen molar-refractivity contribution in [1.29, 1.82) is 0 Å². The highest BCUT2D eigenvalue weighted by Gasteiger charge is 2.49. The Bertz CT molecular complexity index is 644. The lowest BCUT2D eigenvalue weighted by molar-refractivity contribution is -0.0380. The summed E-state index contributed by atoms with van der Waals surface area (Å²) in [5.74, 6) is 0.271. The van der Waals surface area contributed by atoms with Crippen molar-refractivity contribution in [2.45, 2.75) is 18.4 Å². The number of fused-ring (bicyclic) bond motifs is 2. The fourth-order valence-electron chi connectivity index (χ4n) is 2.66. The fourth-order valence-corrected chi connectivity index (χ4v) is 3.04. The van der Waals surface area contributed by atoms with Crippen LogP contribution in [-0.2, 0) is 21.7 Å². The van der Waals surface area contributed by atoms with Crippen LogP contribution in [0.15, 0.2) is 0 Å². The van der Waals surface area contributed by atoms with Crippen LogP contribution in [0.2, 0.25) is 0 Å². The molecule has 1 aromatic rings. The number of carbonyl (C=O) groups is 1. The van der Waals surface area contributed by atoms with Crippen LogP contribution in [0, 0.1) is 0 Å². The number of amides is 2. The van der Waals surface area contributed by atoms with Gasteiger partial charge in [-0.2, -0.15) is 13.5 Å². The maximum absolute atomic E-state index is 12.0. The van der Waals surface area contributed by atoms with Gasteiger partial charge in [0.2, 0.25) is 0 Å². The average molecular weight is 304 g/mol. The fraction of sp³-hybridized carbons (Fsp3) is 0.750. The summed E-state index contributed by atoms with van der Waals surface area (Å²) < 4.78 is 36.3. The first-order chi connectivity index (χ1) is 9.37. The number of rotatable bonds is 3. The molecule has 11 nitrogen and oxygen atoms in total. The Kier molecular flexibility index (Phi) is 2.88. The van der Waals surface area contributed by atoms with E-state index in [9.17, 15) is 13.2 Å². The van der Waals surface area contributed by atoms with Gasteiger partial charge in [0.15, 0.2) is 5.82 Å². The van der Waals surface area contributed by atoms with E-state index in [0.29, 0.717) is 30.4 Å². The topological polar surface area (TPSA) is 131 Å². The summed E-state index contributed by atoms with van der Waals surface area (Å²) in [7, 11) is -3.10. The van der Waals surface area contributed by atoms with Crippen LogP contribution in [0.25, 0.3) is 0 Å². The molecule has 12 heteroatoms. The molecule has 2 saturated heterocycles. The molecule has 3 rings (SSSR count). The third-order valence-corrected chi connectivity index (χ3v) is 3.85. The van der Waals surface area contributed by atoms with E-state index in [1.807, 2.05) is 0 Å². The van der Waals surface area contributed by atoms with Crippen LogP contribution in [0.1, 0.15) is 18.2 Å². The highest BCUT2D eigenvalue weighted by atomic mass is 32.3. The molecular formula is C8H12N6O5S. The third-order valence-electron chi connectivity index (χ3n) is 3.50. The second-order valence-corrected chi connectivity index (χ2v) is 5.68. The predicted octanol–water partition coefficient (Wildman–Crippen LogP) is -1.46. The second-order valence-electron chi connectivity index (χ2n) is 4.68. The molecule has 0 radical (unpaired) electrons. The first-order valence-corrected chi connectivity index (χ1v) is 7.21. The van der Waals surface area contributed by atoms with Crippen molar-refractivity contribution >= 4 is 16.4 Å². The minimum absolute atomic E-state index is 0.264. The first-order valence-electron chi connectivity index (χ1n) is 5.84. The van der Waals surface area contributed by atoms with E-state index in [0.717, 1.165) is 0 Å². The molecule has 0 saturated carbocycles. The molecule has 2 atom stereocenters. The van der Waals surface area contributed by atoms with Crippen LogP contribution in [0.5, 0.6) is 0 Å². The van der Waals surface area contributed by atoms with Gasteiger partial charge in [-0.15, -0.1) is 9.38 Å². The average Bonchev–Trinajstić information content (AvgIpc) is 2.87. The standard InChI is InChI=1S/C8H12N6O5S/c1-12-7(9-10-11-12)5-2-3-13-4-6(5)14(8(13)15)19-20(16,17)18/h5-6H,2-4H2,1H3,(H,16,17,18)/t5-,6+/m1/s1. The number of hydrogen-bond acceptors (Lipinski definition) is 7. The molecule has 2 aliphatic rings. The summed E-state index contributed by atoms with van der Waals surface area (Å²) in [5.41, 5.74) is 0. The normalized spacial score (nSPS) is 26.4. The lowest BCUT2D eigenvalue weighted by Gasteiger charge is -2.28. The largest absolute Gasteiger partial charge is 0.418 e. The van der Waals surface area contributed by atoms with Gasteiger partial charge < -0.3 is 4.90 Å². The van der Waals surface area contributed by atoms with Crippen molar-refractivity contribution < 1.29 is 22.0 Å². The van der Waals surface area contributed by atoms with Gasteiger partial charge in [-0.1, -0.05) is 0 Å². The Labute approximate surface area is 114 Å². The Hall–Kier alpha value is -1.79. The predicted molar refractivity (Wildman–Crippen MR) is 61.4 cm³/mol. The molecule has 0 unspecified atom stereocenters. The highest BCUT2D eigenvalue weighted by Crippen LogP contribution is 2.36. The van der Waals surface area contributed by atoms with Crippen LogP contribution >= 0.6 is 0 Å². The maximum atomic E-state index is 12.0. The molecular weight excluding hydrogens is 292 g/mol. The summed E-state index contributed by atoms with van der Waals surface area (Å²) in [6.45, 7) is 0.740. The number of aromatic nitrogens is 4. The molecule has 3 heterocycles. The van der Waals surface area contributed by atoms with Crippen LogP contribution in [0.3, 0.4) is 0 Å². The zero-order chi connectivity index (χ0) is 14.5. The van der Waals surface area contributed by atoms with E-state index in [4.69, 9.17) is 4.55 Å². The molecule has 20 heavy (non-hydrogen) atoms. The van der Waals surface area contributed by atoms with E-state index in [1.54, 1.807) is 7.05 Å². The summed E-state index contributed by atoms with van der Waals surface area (Å²) in [4.78, 5) is 13.4. The van der Waals surface area contributed by atoms with Gasteiger partial charge in [-0.3, -0.25) is 4.55 Å². The van der Waals surface area contributed by atoms with Gasteiger partial charge in [0, 0.05) is 26.1 Å². The molecule has 2 bridgehead atoms. The third kappa shape index (κ3) is 2.10. The smallest absolute Gasteiger partial charge is 0.321 e. The van der Waals surface area contributed by atoms with Gasteiger partial charge in [-0.25, -0.2) is 9.48 Å². The molecule has 0 aliphatic carbocycles. The van der Waals surface area contributed by atoms with Gasteiger partial charge in [0.05, 0.1) is 6.04 Å². The van der Waals surface area contributed by atoms with Gasteiger partial charge in [0.25, 0.3) is 0 Å². The lowest BCUT2D eigenvalue weighted by atomic mass is 9.92. The Morgan fingerprint density at radius 1 is 1.45 bits per heavy atom. The number of piperidine rings is 1. The van der Waals surface area contributed by atoms with E-state index in [-0.39, 0.29) is 5.92 Å². The summed E-state index contributed by atoms with van der Waals surface area (Å²) in [6.07, 6.45) is 0.579. The SMILES string of the molecule is Cn1nnnc1[C@@H]1CCN2C[C@@H]1N(OS(=O)(=O)O)C2=O. The zero-order valence-corrected chi connectivity index (χ0v) is 11.3. The quantitative estimate of drug-likeness (QED) is 0.670. The van der Waals surface area contributed by atoms with E-state index >= 15 is 0 Å². The molecule has 2 aliphatic heterocycles. The number of nitrogens with zero attached hydrogens (tertiary/aromatic N) is 6. The minimum Gasteiger partial charge on any atom is -0.321 e. The van der Waals surface area contributed by atoms with Crippen molar-refractivity contribution in [1.82, 2.24) is 30.2 Å². The summed E-state index contributed by atoms with van der Waals surface area (Å²) in [6, 6.07) is -1.16. The van der Waals surface area contributed by atoms with Gasteiger partial charge in [0.1, 0.15) is 0 Å². The van der Waals surface area contributed by atoms with Crippen molar-refractivity contribution in [3.63, 3.8) is 0 Å². The van der Waals surface area contributed by atoms with Crippen LogP contribution < -0.4 is 0 Å². The summed E-state index contributed by atoms with van der Waals surface area (Å²) in [5, 5.41) is 11.8. The maximum Gasteiger partial charge on any atom is 0.418 e. The Morgan fingerprint density at radius 3 is 2.80 bits per heavy atom. The van der Waals surface area contributed by atoms with E-state index in [2.05, 4.69) is 19.8 Å². The Morgan fingerprint density at radius 2 is 2.20 bits per heavy atom. The molecule has 2 amide bonds. The van der Waals surface area contributed by atoms with Gasteiger partial charge >= 0.3 is 16.4 Å². The Balaban J connectivity index is 1.93. The summed E-state index contributed by atoms with van der Waals surface area (Å²) >= 11 is 0. The molecule has 110 valence electrons. The van der Waals surface area contributed by atoms with Crippen molar-refractivity contribution in [2.24, 2.45) is 7.05 Å². The molecule has 0 aromatic carbocycles. The van der Waals surface area contributed by atoms with Crippen LogP contribution in [-0.4, -0.2) is 68.3 Å². The number of aryl methyl sites for hydroxylation is 1. The first kappa shape index (κ1) is 13.2. The van der Waals surface area contributed by atoms with Crippen LogP contribution in [0.4, 0.5) is 4.79 Å². The van der Waals surface area contributed by atoms with E-state index in [1.165, 1.54) is 9.58 Å². The highest BCUT2D eigenvalue weighted by molar-refractivity contribution is 7.80. The number of hydroxylamine groups is 2. The van der Waals surface area contributed by atoms with Crippen molar-refractivity contribution in [3.05, 3.63) is 5.82 Å². The second kappa shape index (κ2) is 4.36.